The normalized spacial score (nSPS) is 10.4. The van der Waals surface area contributed by atoms with Crippen LogP contribution in [0.5, 0.6) is 0 Å². The summed E-state index contributed by atoms with van der Waals surface area (Å²) in [6.45, 7) is 2.09. The number of halogens is 1. The van der Waals surface area contributed by atoms with Gasteiger partial charge in [-0.1, -0.05) is 25.5 Å². The molecule has 2 aromatic rings. The van der Waals surface area contributed by atoms with E-state index in [4.69, 9.17) is 11.6 Å². The van der Waals surface area contributed by atoms with E-state index in [1.807, 2.05) is 18.2 Å². The molecule has 19 heavy (non-hydrogen) atoms. The van der Waals surface area contributed by atoms with Crippen molar-refractivity contribution < 1.29 is 4.79 Å². The zero-order valence-corrected chi connectivity index (χ0v) is 11.5. The second-order valence-corrected chi connectivity index (χ2v) is 4.58. The molecule has 0 aliphatic rings. The third-order valence-electron chi connectivity index (χ3n) is 2.74. The zero-order valence-electron chi connectivity index (χ0n) is 10.7. The standard InChI is InChI=1S/C14H16ClN3O/c1-2-4-12-8-13(18-17-12)16-14(19)11-6-3-5-10(7-11)9-15/h3,5-8H,2,4,9H2,1H3,(H2,16,17,18,19). The highest BCUT2D eigenvalue weighted by atomic mass is 35.5. The predicted molar refractivity (Wildman–Crippen MR) is 76.5 cm³/mol. The van der Waals surface area contributed by atoms with E-state index in [0.717, 1.165) is 24.1 Å². The molecule has 0 saturated carbocycles. The topological polar surface area (TPSA) is 57.8 Å². The van der Waals surface area contributed by atoms with Crippen molar-refractivity contribution in [3.8, 4) is 0 Å². The largest absolute Gasteiger partial charge is 0.305 e. The van der Waals surface area contributed by atoms with E-state index in [0.29, 0.717) is 17.3 Å². The predicted octanol–water partition coefficient (Wildman–Crippen LogP) is 3.35. The van der Waals surface area contributed by atoms with E-state index < -0.39 is 0 Å². The van der Waals surface area contributed by atoms with Crippen molar-refractivity contribution in [3.05, 3.63) is 47.2 Å². The number of hydrogen-bond acceptors (Lipinski definition) is 2. The molecule has 5 heteroatoms. The number of aromatic amines is 1. The summed E-state index contributed by atoms with van der Waals surface area (Å²) in [7, 11) is 0. The number of amides is 1. The number of aromatic nitrogens is 2. The molecular formula is C14H16ClN3O. The average molecular weight is 278 g/mol. The minimum atomic E-state index is -0.179. The van der Waals surface area contributed by atoms with Gasteiger partial charge in [0.2, 0.25) is 0 Å². The third kappa shape index (κ3) is 3.58. The van der Waals surface area contributed by atoms with Gasteiger partial charge in [0.1, 0.15) is 0 Å². The summed E-state index contributed by atoms with van der Waals surface area (Å²) in [5.74, 6) is 0.760. The van der Waals surface area contributed by atoms with E-state index in [1.54, 1.807) is 12.1 Å². The third-order valence-corrected chi connectivity index (χ3v) is 3.04. The second-order valence-electron chi connectivity index (χ2n) is 4.32. The molecule has 1 amide bonds. The van der Waals surface area contributed by atoms with Gasteiger partial charge in [0.05, 0.1) is 0 Å². The Kier molecular flexibility index (Phi) is 4.58. The molecule has 2 rings (SSSR count). The maximum atomic E-state index is 12.0. The van der Waals surface area contributed by atoms with E-state index in [9.17, 15) is 4.79 Å². The monoisotopic (exact) mass is 277 g/mol. The highest BCUT2D eigenvalue weighted by Gasteiger charge is 2.08. The summed E-state index contributed by atoms with van der Waals surface area (Å²) >= 11 is 5.75. The van der Waals surface area contributed by atoms with Gasteiger partial charge in [-0.25, -0.2) is 0 Å². The van der Waals surface area contributed by atoms with Gasteiger partial charge in [-0.05, 0) is 24.1 Å². The number of benzene rings is 1. The number of carbonyl (C=O) groups excluding carboxylic acids is 1. The molecule has 0 atom stereocenters. The lowest BCUT2D eigenvalue weighted by molar-refractivity contribution is 0.102. The Morgan fingerprint density at radius 1 is 1.42 bits per heavy atom. The molecule has 0 saturated heterocycles. The molecule has 0 spiro atoms. The van der Waals surface area contributed by atoms with E-state index in [-0.39, 0.29) is 5.91 Å². The molecule has 0 unspecified atom stereocenters. The number of alkyl halides is 1. The van der Waals surface area contributed by atoms with Crippen LogP contribution in [0, 0.1) is 0 Å². The number of aryl methyl sites for hydroxylation is 1. The fraction of sp³-hybridized carbons (Fsp3) is 0.286. The smallest absolute Gasteiger partial charge is 0.256 e. The van der Waals surface area contributed by atoms with Gasteiger partial charge >= 0.3 is 0 Å². The second kappa shape index (κ2) is 6.38. The van der Waals surface area contributed by atoms with Crippen LogP contribution in [0.3, 0.4) is 0 Å². The van der Waals surface area contributed by atoms with Crippen molar-refractivity contribution in [2.45, 2.75) is 25.6 Å². The van der Waals surface area contributed by atoms with Crippen molar-refractivity contribution in [3.63, 3.8) is 0 Å². The number of carbonyl (C=O) groups is 1. The van der Waals surface area contributed by atoms with Crippen LogP contribution in [0.4, 0.5) is 5.82 Å². The number of nitrogens with zero attached hydrogens (tertiary/aromatic N) is 1. The Morgan fingerprint density at radius 3 is 3.00 bits per heavy atom. The Bertz CT molecular complexity index is 565. The summed E-state index contributed by atoms with van der Waals surface area (Å²) in [5, 5.41) is 9.72. The van der Waals surface area contributed by atoms with Gasteiger partial charge in [-0.3, -0.25) is 9.89 Å². The molecule has 0 fully saturated rings. The van der Waals surface area contributed by atoms with Crippen LogP contribution >= 0.6 is 11.6 Å². The minimum absolute atomic E-state index is 0.179. The molecule has 1 aromatic carbocycles. The highest BCUT2D eigenvalue weighted by Crippen LogP contribution is 2.12. The molecule has 0 bridgehead atoms. The van der Waals surface area contributed by atoms with Crippen LogP contribution in [-0.2, 0) is 12.3 Å². The van der Waals surface area contributed by atoms with Crippen molar-refractivity contribution >= 4 is 23.3 Å². The van der Waals surface area contributed by atoms with Crippen molar-refractivity contribution in [1.82, 2.24) is 10.2 Å². The highest BCUT2D eigenvalue weighted by molar-refractivity contribution is 6.17. The van der Waals surface area contributed by atoms with Crippen molar-refractivity contribution in [2.24, 2.45) is 0 Å². The van der Waals surface area contributed by atoms with Crippen LogP contribution < -0.4 is 5.32 Å². The van der Waals surface area contributed by atoms with E-state index in [2.05, 4.69) is 22.4 Å². The molecule has 1 aromatic heterocycles. The summed E-state index contributed by atoms with van der Waals surface area (Å²) < 4.78 is 0. The lowest BCUT2D eigenvalue weighted by atomic mass is 10.1. The van der Waals surface area contributed by atoms with E-state index in [1.165, 1.54) is 0 Å². The number of nitrogens with one attached hydrogen (secondary N) is 2. The Balaban J connectivity index is 2.06. The summed E-state index contributed by atoms with van der Waals surface area (Å²) in [6.07, 6.45) is 1.96. The Morgan fingerprint density at radius 2 is 2.26 bits per heavy atom. The SMILES string of the molecule is CCCc1cc(NC(=O)c2cccc(CCl)c2)n[nH]1. The summed E-state index contributed by atoms with van der Waals surface area (Å²) in [5.41, 5.74) is 2.52. The fourth-order valence-corrected chi connectivity index (χ4v) is 1.97. The van der Waals surface area contributed by atoms with Crippen LogP contribution in [-0.4, -0.2) is 16.1 Å². The molecule has 2 N–H and O–H groups in total. The Hall–Kier alpha value is -1.81. The molecular weight excluding hydrogens is 262 g/mol. The summed E-state index contributed by atoms with van der Waals surface area (Å²) in [6, 6.07) is 9.09. The lowest BCUT2D eigenvalue weighted by Gasteiger charge is -2.03. The van der Waals surface area contributed by atoms with Crippen LogP contribution in [0.15, 0.2) is 30.3 Å². The fourth-order valence-electron chi connectivity index (χ4n) is 1.81. The summed E-state index contributed by atoms with van der Waals surface area (Å²) in [4.78, 5) is 12.0. The zero-order chi connectivity index (χ0) is 13.7. The first-order chi connectivity index (χ1) is 9.22. The average Bonchev–Trinajstić information content (AvgIpc) is 2.86. The first kappa shape index (κ1) is 13.6. The van der Waals surface area contributed by atoms with Crippen LogP contribution in [0.2, 0.25) is 0 Å². The maximum Gasteiger partial charge on any atom is 0.256 e. The number of rotatable bonds is 5. The first-order valence-electron chi connectivity index (χ1n) is 6.23. The van der Waals surface area contributed by atoms with Crippen molar-refractivity contribution in [2.75, 3.05) is 5.32 Å². The van der Waals surface area contributed by atoms with Gasteiger partial charge < -0.3 is 5.32 Å². The molecule has 1 heterocycles. The number of hydrogen-bond donors (Lipinski definition) is 2. The van der Waals surface area contributed by atoms with Crippen molar-refractivity contribution in [1.29, 1.82) is 0 Å². The number of anilines is 1. The molecule has 0 radical (unpaired) electrons. The first-order valence-corrected chi connectivity index (χ1v) is 6.77. The molecule has 100 valence electrons. The Labute approximate surface area is 117 Å². The lowest BCUT2D eigenvalue weighted by Crippen LogP contribution is -2.12. The van der Waals surface area contributed by atoms with Gasteiger partial charge in [-0.15, -0.1) is 11.6 Å². The molecule has 0 aliphatic heterocycles. The van der Waals surface area contributed by atoms with Gasteiger partial charge in [-0.2, -0.15) is 5.10 Å². The van der Waals surface area contributed by atoms with E-state index >= 15 is 0 Å². The van der Waals surface area contributed by atoms with Gasteiger partial charge in [0, 0.05) is 23.2 Å². The van der Waals surface area contributed by atoms with Gasteiger partial charge in [0.25, 0.3) is 5.91 Å². The number of H-pyrrole nitrogens is 1. The van der Waals surface area contributed by atoms with Gasteiger partial charge in [0.15, 0.2) is 5.82 Å². The molecule has 0 aliphatic carbocycles. The van der Waals surface area contributed by atoms with Crippen LogP contribution in [0.25, 0.3) is 0 Å². The minimum Gasteiger partial charge on any atom is -0.305 e. The quantitative estimate of drug-likeness (QED) is 0.824. The van der Waals surface area contributed by atoms with Crippen LogP contribution in [0.1, 0.15) is 35.0 Å². The molecule has 4 nitrogen and oxygen atoms in total. The maximum absolute atomic E-state index is 12.0.